The monoisotopic (exact) mass is 302 g/mol. The Balaban J connectivity index is 2.72. The number of amides is 2. The summed E-state index contributed by atoms with van der Waals surface area (Å²) in [5.41, 5.74) is 0.403. The predicted octanol–water partition coefficient (Wildman–Crippen LogP) is 1.72. The van der Waals surface area contributed by atoms with Crippen molar-refractivity contribution < 1.29 is 23.4 Å². The van der Waals surface area contributed by atoms with Gasteiger partial charge in [-0.2, -0.15) is 0 Å². The predicted molar refractivity (Wildman–Crippen MR) is 73.8 cm³/mol. The summed E-state index contributed by atoms with van der Waals surface area (Å²) in [6.07, 6.45) is 0.424. The molecular formula is C14H20F2N2O3. The van der Waals surface area contributed by atoms with Crippen molar-refractivity contribution in [1.82, 2.24) is 10.6 Å². The summed E-state index contributed by atoms with van der Waals surface area (Å²) in [6.45, 7) is 1.83. The molecule has 1 aromatic carbocycles. The Morgan fingerprint density at radius 2 is 2.05 bits per heavy atom. The van der Waals surface area contributed by atoms with Gasteiger partial charge in [0.05, 0.1) is 12.6 Å². The van der Waals surface area contributed by atoms with E-state index < -0.39 is 23.7 Å². The first-order valence-corrected chi connectivity index (χ1v) is 6.59. The molecule has 0 saturated carbocycles. The smallest absolute Gasteiger partial charge is 0.315 e. The van der Waals surface area contributed by atoms with Crippen molar-refractivity contribution in [3.8, 4) is 0 Å². The van der Waals surface area contributed by atoms with E-state index in [1.54, 1.807) is 6.92 Å². The van der Waals surface area contributed by atoms with Gasteiger partial charge in [0, 0.05) is 19.8 Å². The zero-order valence-electron chi connectivity index (χ0n) is 12.0. The Kier molecular flexibility index (Phi) is 7.04. The van der Waals surface area contributed by atoms with Crippen LogP contribution in [-0.4, -0.2) is 37.5 Å². The lowest BCUT2D eigenvalue weighted by Gasteiger charge is -2.21. The number of urea groups is 1. The van der Waals surface area contributed by atoms with E-state index in [1.165, 1.54) is 13.2 Å². The quantitative estimate of drug-likeness (QED) is 0.718. The summed E-state index contributed by atoms with van der Waals surface area (Å²) in [5.74, 6) is -1.93. The molecule has 0 bridgehead atoms. The van der Waals surface area contributed by atoms with Crippen molar-refractivity contribution in [1.29, 1.82) is 0 Å². The van der Waals surface area contributed by atoms with Crippen LogP contribution in [0.1, 0.15) is 24.9 Å². The van der Waals surface area contributed by atoms with Crippen LogP contribution in [0.5, 0.6) is 0 Å². The highest BCUT2D eigenvalue weighted by molar-refractivity contribution is 5.74. The molecule has 0 aliphatic carbocycles. The molecular weight excluding hydrogens is 282 g/mol. The molecule has 2 atom stereocenters. The van der Waals surface area contributed by atoms with E-state index >= 15 is 0 Å². The van der Waals surface area contributed by atoms with Gasteiger partial charge >= 0.3 is 6.03 Å². The third-order valence-corrected chi connectivity index (χ3v) is 2.92. The van der Waals surface area contributed by atoms with Gasteiger partial charge in [-0.1, -0.05) is 6.07 Å². The second kappa shape index (κ2) is 8.53. The SMILES string of the molecule is COCC(NC(=O)N[C@H](C)CCO)c1ccc(F)c(F)c1. The Morgan fingerprint density at radius 1 is 1.33 bits per heavy atom. The number of nitrogens with one attached hydrogen (secondary N) is 2. The molecule has 5 nitrogen and oxygen atoms in total. The van der Waals surface area contributed by atoms with Crippen LogP contribution in [0.4, 0.5) is 13.6 Å². The van der Waals surface area contributed by atoms with Gasteiger partial charge in [0.1, 0.15) is 0 Å². The number of halogens is 2. The summed E-state index contributed by atoms with van der Waals surface area (Å²) < 4.78 is 31.2. The zero-order valence-corrected chi connectivity index (χ0v) is 12.0. The van der Waals surface area contributed by atoms with Gasteiger partial charge in [-0.3, -0.25) is 0 Å². The standard InChI is InChI=1S/C14H20F2N2O3/c1-9(5-6-19)17-14(20)18-13(8-21-2)10-3-4-11(15)12(16)7-10/h3-4,7,9,13,19H,5-6,8H2,1-2H3,(H2,17,18,20)/t9-,13?/m1/s1. The number of rotatable bonds is 7. The number of carbonyl (C=O) groups is 1. The van der Waals surface area contributed by atoms with Gasteiger partial charge in [-0.05, 0) is 31.0 Å². The lowest BCUT2D eigenvalue weighted by Crippen LogP contribution is -2.43. The molecule has 1 rings (SSSR count). The summed E-state index contributed by atoms with van der Waals surface area (Å²) in [4.78, 5) is 11.8. The number of methoxy groups -OCH3 is 1. The lowest BCUT2D eigenvalue weighted by atomic mass is 10.1. The van der Waals surface area contributed by atoms with Crippen molar-refractivity contribution in [2.75, 3.05) is 20.3 Å². The van der Waals surface area contributed by atoms with Gasteiger partial charge in [-0.15, -0.1) is 0 Å². The van der Waals surface area contributed by atoms with E-state index in [4.69, 9.17) is 9.84 Å². The summed E-state index contributed by atoms with van der Waals surface area (Å²) >= 11 is 0. The summed E-state index contributed by atoms with van der Waals surface area (Å²) in [6, 6.07) is 2.13. The minimum absolute atomic E-state index is 0.0356. The highest BCUT2D eigenvalue weighted by Gasteiger charge is 2.17. The fourth-order valence-electron chi connectivity index (χ4n) is 1.81. The maximum atomic E-state index is 13.3. The minimum atomic E-state index is -0.982. The molecule has 0 aromatic heterocycles. The maximum absolute atomic E-state index is 13.3. The van der Waals surface area contributed by atoms with E-state index in [-0.39, 0.29) is 19.3 Å². The second-order valence-electron chi connectivity index (χ2n) is 4.71. The van der Waals surface area contributed by atoms with Crippen LogP contribution in [0.3, 0.4) is 0 Å². The van der Waals surface area contributed by atoms with Crippen LogP contribution < -0.4 is 10.6 Å². The summed E-state index contributed by atoms with van der Waals surface area (Å²) in [7, 11) is 1.45. The Hall–Kier alpha value is -1.73. The van der Waals surface area contributed by atoms with Crippen molar-refractivity contribution in [2.45, 2.75) is 25.4 Å². The number of hydrogen-bond donors (Lipinski definition) is 3. The number of hydrogen-bond acceptors (Lipinski definition) is 3. The fourth-order valence-corrected chi connectivity index (χ4v) is 1.81. The summed E-state index contributed by atoms with van der Waals surface area (Å²) in [5, 5.41) is 14.0. The molecule has 0 fully saturated rings. The topological polar surface area (TPSA) is 70.6 Å². The first kappa shape index (κ1) is 17.3. The number of carbonyl (C=O) groups excluding carboxylic acids is 1. The Bertz CT molecular complexity index is 472. The van der Waals surface area contributed by atoms with Crippen LogP contribution >= 0.6 is 0 Å². The molecule has 7 heteroatoms. The van der Waals surface area contributed by atoms with E-state index in [9.17, 15) is 13.6 Å². The third kappa shape index (κ3) is 5.65. The van der Waals surface area contributed by atoms with Gasteiger partial charge < -0.3 is 20.5 Å². The van der Waals surface area contributed by atoms with Crippen LogP contribution in [0.15, 0.2) is 18.2 Å². The van der Waals surface area contributed by atoms with Gasteiger partial charge in [0.25, 0.3) is 0 Å². The molecule has 1 aromatic rings. The van der Waals surface area contributed by atoms with Crippen molar-refractivity contribution in [3.63, 3.8) is 0 Å². The fraction of sp³-hybridized carbons (Fsp3) is 0.500. The first-order chi connectivity index (χ1) is 9.97. The lowest BCUT2D eigenvalue weighted by molar-refractivity contribution is 0.164. The molecule has 3 N–H and O–H groups in total. The molecule has 1 unspecified atom stereocenters. The average Bonchev–Trinajstić information content (AvgIpc) is 2.41. The van der Waals surface area contributed by atoms with E-state index in [1.807, 2.05) is 0 Å². The number of aliphatic hydroxyl groups is 1. The molecule has 0 saturated heterocycles. The Morgan fingerprint density at radius 3 is 2.62 bits per heavy atom. The van der Waals surface area contributed by atoms with Crippen molar-refractivity contribution in [3.05, 3.63) is 35.4 Å². The largest absolute Gasteiger partial charge is 0.396 e. The number of aliphatic hydroxyl groups excluding tert-OH is 1. The normalized spacial score (nSPS) is 13.6. The molecule has 2 amide bonds. The van der Waals surface area contributed by atoms with Crippen LogP contribution in [0, 0.1) is 11.6 Å². The molecule has 0 aliphatic rings. The molecule has 0 spiro atoms. The van der Waals surface area contributed by atoms with Crippen LogP contribution in [0.25, 0.3) is 0 Å². The average molecular weight is 302 g/mol. The van der Waals surface area contributed by atoms with E-state index in [0.717, 1.165) is 12.1 Å². The number of benzene rings is 1. The van der Waals surface area contributed by atoms with Gasteiger partial charge in [0.2, 0.25) is 0 Å². The highest BCUT2D eigenvalue weighted by atomic mass is 19.2. The second-order valence-corrected chi connectivity index (χ2v) is 4.71. The first-order valence-electron chi connectivity index (χ1n) is 6.59. The molecule has 0 heterocycles. The third-order valence-electron chi connectivity index (χ3n) is 2.92. The molecule has 118 valence electrons. The Labute approximate surface area is 122 Å². The van der Waals surface area contributed by atoms with Crippen molar-refractivity contribution in [2.24, 2.45) is 0 Å². The van der Waals surface area contributed by atoms with E-state index in [2.05, 4.69) is 10.6 Å². The maximum Gasteiger partial charge on any atom is 0.315 e. The molecule has 21 heavy (non-hydrogen) atoms. The van der Waals surface area contributed by atoms with Crippen molar-refractivity contribution >= 4 is 6.03 Å². The minimum Gasteiger partial charge on any atom is -0.396 e. The van der Waals surface area contributed by atoms with E-state index in [0.29, 0.717) is 12.0 Å². The zero-order chi connectivity index (χ0) is 15.8. The van der Waals surface area contributed by atoms with Crippen LogP contribution in [-0.2, 0) is 4.74 Å². The van der Waals surface area contributed by atoms with Gasteiger partial charge in [0.15, 0.2) is 11.6 Å². The molecule has 0 radical (unpaired) electrons. The number of ether oxygens (including phenoxy) is 1. The van der Waals surface area contributed by atoms with Gasteiger partial charge in [-0.25, -0.2) is 13.6 Å². The molecule has 0 aliphatic heterocycles. The highest BCUT2D eigenvalue weighted by Crippen LogP contribution is 2.16. The van der Waals surface area contributed by atoms with Crippen LogP contribution in [0.2, 0.25) is 0 Å².